The zero-order valence-corrected chi connectivity index (χ0v) is 8.97. The molecular weight excluding hydrogens is 190 g/mol. The summed E-state index contributed by atoms with van der Waals surface area (Å²) in [5.41, 5.74) is 8.06. The highest BCUT2D eigenvalue weighted by Crippen LogP contribution is 2.27. The largest absolute Gasteiger partial charge is 0.326 e. The summed E-state index contributed by atoms with van der Waals surface area (Å²) in [7, 11) is 0. The van der Waals surface area contributed by atoms with Crippen LogP contribution in [0, 0.1) is 6.92 Å². The van der Waals surface area contributed by atoms with Crippen LogP contribution in [0.5, 0.6) is 0 Å². The molecule has 0 saturated carbocycles. The Morgan fingerprint density at radius 2 is 2.07 bits per heavy atom. The molecule has 0 atom stereocenters. The zero-order chi connectivity index (χ0) is 9.97. The van der Waals surface area contributed by atoms with Crippen molar-refractivity contribution in [2.45, 2.75) is 13.5 Å². The van der Waals surface area contributed by atoms with Gasteiger partial charge in [-0.2, -0.15) is 0 Å². The Hall–Kier alpha value is -1.12. The second-order valence-corrected chi connectivity index (χ2v) is 4.60. The standard InChI is InChI=1S/C12H13NS/c1-9-5-6-12(14-9)11-4-2-3-10(7-11)8-13/h2-7H,8,13H2,1H3. The van der Waals surface area contributed by atoms with Crippen molar-refractivity contribution in [3.63, 3.8) is 0 Å². The van der Waals surface area contributed by atoms with Gasteiger partial charge in [0.2, 0.25) is 0 Å². The molecule has 0 radical (unpaired) electrons. The Morgan fingerprint density at radius 3 is 2.71 bits per heavy atom. The summed E-state index contributed by atoms with van der Waals surface area (Å²) in [5.74, 6) is 0. The average Bonchev–Trinajstić information content (AvgIpc) is 2.65. The van der Waals surface area contributed by atoms with Gasteiger partial charge in [0, 0.05) is 16.3 Å². The fourth-order valence-electron chi connectivity index (χ4n) is 1.44. The van der Waals surface area contributed by atoms with Crippen LogP contribution in [0.15, 0.2) is 36.4 Å². The minimum Gasteiger partial charge on any atom is -0.326 e. The minimum atomic E-state index is 0.609. The highest BCUT2D eigenvalue weighted by molar-refractivity contribution is 7.15. The quantitative estimate of drug-likeness (QED) is 0.797. The van der Waals surface area contributed by atoms with E-state index >= 15 is 0 Å². The molecule has 1 aromatic heterocycles. The molecule has 1 aromatic carbocycles. The second kappa shape index (κ2) is 3.95. The fraction of sp³-hybridized carbons (Fsp3) is 0.167. The summed E-state index contributed by atoms with van der Waals surface area (Å²) in [4.78, 5) is 2.66. The highest BCUT2D eigenvalue weighted by atomic mass is 32.1. The van der Waals surface area contributed by atoms with Gasteiger partial charge in [0.15, 0.2) is 0 Å². The van der Waals surface area contributed by atoms with Gasteiger partial charge in [-0.05, 0) is 36.2 Å². The molecule has 72 valence electrons. The van der Waals surface area contributed by atoms with Crippen LogP contribution in [0.2, 0.25) is 0 Å². The molecule has 0 fully saturated rings. The number of aryl methyl sites for hydroxylation is 1. The van der Waals surface area contributed by atoms with Gasteiger partial charge in [-0.25, -0.2) is 0 Å². The first kappa shape index (κ1) is 9.44. The van der Waals surface area contributed by atoms with E-state index in [0.29, 0.717) is 6.54 Å². The second-order valence-electron chi connectivity index (χ2n) is 3.31. The van der Waals surface area contributed by atoms with E-state index in [4.69, 9.17) is 5.73 Å². The molecule has 0 aliphatic carbocycles. The van der Waals surface area contributed by atoms with Crippen molar-refractivity contribution < 1.29 is 0 Å². The molecule has 2 heteroatoms. The Labute approximate surface area is 88.2 Å². The molecule has 0 bridgehead atoms. The summed E-state index contributed by atoms with van der Waals surface area (Å²) in [6.45, 7) is 2.74. The van der Waals surface area contributed by atoms with E-state index in [1.54, 1.807) is 0 Å². The molecule has 0 aliphatic heterocycles. The Kier molecular flexibility index (Phi) is 2.66. The minimum absolute atomic E-state index is 0.609. The van der Waals surface area contributed by atoms with Crippen molar-refractivity contribution in [1.29, 1.82) is 0 Å². The monoisotopic (exact) mass is 203 g/mol. The lowest BCUT2D eigenvalue weighted by Gasteiger charge is -2.00. The molecule has 2 N–H and O–H groups in total. The van der Waals surface area contributed by atoms with Gasteiger partial charge in [0.05, 0.1) is 0 Å². The van der Waals surface area contributed by atoms with Crippen LogP contribution in [-0.4, -0.2) is 0 Å². The van der Waals surface area contributed by atoms with Crippen LogP contribution in [0.4, 0.5) is 0 Å². The number of nitrogens with two attached hydrogens (primary N) is 1. The van der Waals surface area contributed by atoms with Crippen LogP contribution in [0.25, 0.3) is 10.4 Å². The maximum absolute atomic E-state index is 5.61. The average molecular weight is 203 g/mol. The molecule has 0 saturated heterocycles. The molecule has 0 unspecified atom stereocenters. The predicted octanol–water partition coefficient (Wildman–Crippen LogP) is 3.18. The van der Waals surface area contributed by atoms with E-state index in [0.717, 1.165) is 0 Å². The van der Waals surface area contributed by atoms with Crippen LogP contribution >= 0.6 is 11.3 Å². The van der Waals surface area contributed by atoms with Crippen LogP contribution in [-0.2, 0) is 6.54 Å². The first-order valence-corrected chi connectivity index (χ1v) is 5.47. The summed E-state index contributed by atoms with van der Waals surface area (Å²) < 4.78 is 0. The van der Waals surface area contributed by atoms with E-state index < -0.39 is 0 Å². The number of benzene rings is 1. The first-order chi connectivity index (χ1) is 6.79. The topological polar surface area (TPSA) is 26.0 Å². The zero-order valence-electron chi connectivity index (χ0n) is 8.16. The molecule has 0 aliphatic rings. The normalized spacial score (nSPS) is 10.4. The number of rotatable bonds is 2. The van der Waals surface area contributed by atoms with Crippen LogP contribution in [0.1, 0.15) is 10.4 Å². The molecule has 2 aromatic rings. The van der Waals surface area contributed by atoms with Gasteiger partial charge >= 0.3 is 0 Å². The SMILES string of the molecule is Cc1ccc(-c2cccc(CN)c2)s1. The van der Waals surface area contributed by atoms with Crippen molar-refractivity contribution in [3.05, 3.63) is 46.8 Å². The van der Waals surface area contributed by atoms with Crippen LogP contribution in [0.3, 0.4) is 0 Å². The molecule has 1 nitrogen and oxygen atoms in total. The summed E-state index contributed by atoms with van der Waals surface area (Å²) in [6, 6.07) is 12.7. The summed E-state index contributed by atoms with van der Waals surface area (Å²) >= 11 is 1.82. The van der Waals surface area contributed by atoms with Crippen molar-refractivity contribution >= 4 is 11.3 Å². The molecule has 14 heavy (non-hydrogen) atoms. The van der Waals surface area contributed by atoms with Gasteiger partial charge in [0.25, 0.3) is 0 Å². The van der Waals surface area contributed by atoms with Gasteiger partial charge < -0.3 is 5.73 Å². The Balaban J connectivity index is 2.41. The number of hydrogen-bond acceptors (Lipinski definition) is 2. The van der Waals surface area contributed by atoms with Gasteiger partial charge in [-0.3, -0.25) is 0 Å². The Bertz CT molecular complexity index is 431. The Morgan fingerprint density at radius 1 is 1.21 bits per heavy atom. The smallest absolute Gasteiger partial charge is 0.0345 e. The third-order valence-corrected chi connectivity index (χ3v) is 3.24. The third kappa shape index (κ3) is 1.86. The fourth-order valence-corrected chi connectivity index (χ4v) is 2.31. The predicted molar refractivity (Wildman–Crippen MR) is 62.4 cm³/mol. The van der Waals surface area contributed by atoms with Crippen molar-refractivity contribution in [2.75, 3.05) is 0 Å². The third-order valence-electron chi connectivity index (χ3n) is 2.19. The van der Waals surface area contributed by atoms with Crippen molar-refractivity contribution in [1.82, 2.24) is 0 Å². The molecule has 1 heterocycles. The van der Waals surface area contributed by atoms with E-state index in [1.165, 1.54) is 20.9 Å². The van der Waals surface area contributed by atoms with Crippen molar-refractivity contribution in [3.8, 4) is 10.4 Å². The molecule has 0 spiro atoms. The van der Waals surface area contributed by atoms with E-state index in [9.17, 15) is 0 Å². The van der Waals surface area contributed by atoms with Gasteiger partial charge in [0.1, 0.15) is 0 Å². The van der Waals surface area contributed by atoms with E-state index in [2.05, 4.69) is 43.3 Å². The maximum Gasteiger partial charge on any atom is 0.0345 e. The molecular formula is C12H13NS. The van der Waals surface area contributed by atoms with Gasteiger partial charge in [-0.1, -0.05) is 18.2 Å². The van der Waals surface area contributed by atoms with Crippen LogP contribution < -0.4 is 5.73 Å². The maximum atomic E-state index is 5.61. The summed E-state index contributed by atoms with van der Waals surface area (Å²) in [6.07, 6.45) is 0. The molecule has 2 rings (SSSR count). The number of thiophene rings is 1. The highest BCUT2D eigenvalue weighted by Gasteiger charge is 2.00. The lowest BCUT2D eigenvalue weighted by Crippen LogP contribution is -1.95. The lowest BCUT2D eigenvalue weighted by atomic mass is 10.1. The molecule has 0 amide bonds. The number of hydrogen-bond donors (Lipinski definition) is 1. The lowest BCUT2D eigenvalue weighted by molar-refractivity contribution is 1.07. The van der Waals surface area contributed by atoms with Gasteiger partial charge in [-0.15, -0.1) is 11.3 Å². The summed E-state index contributed by atoms with van der Waals surface area (Å²) in [5, 5.41) is 0. The van der Waals surface area contributed by atoms with E-state index in [-0.39, 0.29) is 0 Å². The first-order valence-electron chi connectivity index (χ1n) is 4.65. The van der Waals surface area contributed by atoms with Crippen molar-refractivity contribution in [2.24, 2.45) is 5.73 Å². The van der Waals surface area contributed by atoms with E-state index in [1.807, 2.05) is 11.3 Å².